The minimum atomic E-state index is 0.0248. The molecule has 2 saturated heterocycles. The standard InChI is InChI=1S/C20H30N4O2/c1-5-23-12-20(9-7-17(23)25)8-6-10-24(13-20)19(26)16-11-21-18(14(2)3)22-15(16)4/h11,14H,5-10,12-13H2,1-4H3. The van der Waals surface area contributed by atoms with Crippen LogP contribution in [-0.2, 0) is 4.79 Å². The molecule has 1 atom stereocenters. The van der Waals surface area contributed by atoms with Crippen molar-refractivity contribution in [2.24, 2.45) is 5.41 Å². The highest BCUT2D eigenvalue weighted by molar-refractivity contribution is 5.95. The second kappa shape index (κ2) is 7.33. The van der Waals surface area contributed by atoms with E-state index in [1.54, 1.807) is 6.20 Å². The fourth-order valence-electron chi connectivity index (χ4n) is 4.25. The Morgan fingerprint density at radius 3 is 2.73 bits per heavy atom. The lowest BCUT2D eigenvalue weighted by Gasteiger charge is -2.48. The Balaban J connectivity index is 1.77. The molecule has 3 rings (SSSR count). The summed E-state index contributed by atoms with van der Waals surface area (Å²) < 4.78 is 0. The van der Waals surface area contributed by atoms with Gasteiger partial charge < -0.3 is 9.80 Å². The monoisotopic (exact) mass is 358 g/mol. The molecular weight excluding hydrogens is 328 g/mol. The van der Waals surface area contributed by atoms with Crippen LogP contribution >= 0.6 is 0 Å². The van der Waals surface area contributed by atoms with Crippen LogP contribution in [0.5, 0.6) is 0 Å². The van der Waals surface area contributed by atoms with Crippen LogP contribution in [0.15, 0.2) is 6.20 Å². The van der Waals surface area contributed by atoms with Crippen LogP contribution in [0.3, 0.4) is 0 Å². The van der Waals surface area contributed by atoms with E-state index in [0.717, 1.165) is 57.0 Å². The normalized spacial score (nSPS) is 23.8. The Kier molecular flexibility index (Phi) is 5.30. The summed E-state index contributed by atoms with van der Waals surface area (Å²) in [7, 11) is 0. The second-order valence-electron chi connectivity index (χ2n) is 8.12. The average molecular weight is 358 g/mol. The number of hydrogen-bond acceptors (Lipinski definition) is 4. The van der Waals surface area contributed by atoms with Gasteiger partial charge in [-0.25, -0.2) is 9.97 Å². The number of aryl methyl sites for hydroxylation is 1. The summed E-state index contributed by atoms with van der Waals surface area (Å²) in [4.78, 5) is 38.0. The van der Waals surface area contributed by atoms with Crippen molar-refractivity contribution in [1.29, 1.82) is 0 Å². The van der Waals surface area contributed by atoms with Gasteiger partial charge in [0, 0.05) is 50.1 Å². The molecule has 2 amide bonds. The van der Waals surface area contributed by atoms with E-state index in [1.807, 2.05) is 23.6 Å². The van der Waals surface area contributed by atoms with Crippen molar-refractivity contribution in [3.8, 4) is 0 Å². The summed E-state index contributed by atoms with van der Waals surface area (Å²) in [6.45, 7) is 11.0. The van der Waals surface area contributed by atoms with Crippen molar-refractivity contribution < 1.29 is 9.59 Å². The summed E-state index contributed by atoms with van der Waals surface area (Å²) >= 11 is 0. The molecule has 2 fully saturated rings. The summed E-state index contributed by atoms with van der Waals surface area (Å²) in [5.41, 5.74) is 1.40. The van der Waals surface area contributed by atoms with Gasteiger partial charge in [0.05, 0.1) is 11.3 Å². The van der Waals surface area contributed by atoms with Gasteiger partial charge in [0.15, 0.2) is 0 Å². The largest absolute Gasteiger partial charge is 0.342 e. The van der Waals surface area contributed by atoms with Gasteiger partial charge >= 0.3 is 0 Å². The Morgan fingerprint density at radius 1 is 1.31 bits per heavy atom. The van der Waals surface area contributed by atoms with E-state index >= 15 is 0 Å². The Labute approximate surface area is 156 Å². The van der Waals surface area contributed by atoms with Crippen molar-refractivity contribution in [1.82, 2.24) is 19.8 Å². The number of carbonyl (C=O) groups excluding carboxylic acids is 2. The number of aromatic nitrogens is 2. The first kappa shape index (κ1) is 18.8. The fraction of sp³-hybridized carbons (Fsp3) is 0.700. The lowest BCUT2D eigenvalue weighted by atomic mass is 9.73. The van der Waals surface area contributed by atoms with Crippen molar-refractivity contribution in [3.05, 3.63) is 23.3 Å². The highest BCUT2D eigenvalue weighted by Gasteiger charge is 2.42. The molecule has 1 aromatic heterocycles. The molecule has 0 N–H and O–H groups in total. The lowest BCUT2D eigenvalue weighted by Crippen LogP contribution is -2.55. The first-order chi connectivity index (χ1) is 12.3. The van der Waals surface area contributed by atoms with Crippen molar-refractivity contribution >= 4 is 11.8 Å². The van der Waals surface area contributed by atoms with Gasteiger partial charge in [-0.1, -0.05) is 13.8 Å². The van der Waals surface area contributed by atoms with Gasteiger partial charge in [-0.3, -0.25) is 9.59 Å². The number of nitrogens with zero attached hydrogens (tertiary/aromatic N) is 4. The maximum absolute atomic E-state index is 13.1. The summed E-state index contributed by atoms with van der Waals surface area (Å²) in [6, 6.07) is 0. The molecule has 6 heteroatoms. The van der Waals surface area contributed by atoms with Crippen LogP contribution in [0.25, 0.3) is 0 Å². The third-order valence-electron chi connectivity index (χ3n) is 5.82. The topological polar surface area (TPSA) is 66.4 Å². The molecule has 2 aliphatic heterocycles. The zero-order valence-electron chi connectivity index (χ0n) is 16.4. The fourth-order valence-corrected chi connectivity index (χ4v) is 4.25. The molecule has 6 nitrogen and oxygen atoms in total. The number of carbonyl (C=O) groups is 2. The van der Waals surface area contributed by atoms with Crippen LogP contribution < -0.4 is 0 Å². The van der Waals surface area contributed by atoms with E-state index < -0.39 is 0 Å². The molecule has 0 bridgehead atoms. The van der Waals surface area contributed by atoms with Gasteiger partial charge in [-0.2, -0.15) is 0 Å². The SMILES string of the molecule is CCN1CC2(CCCN(C(=O)c3cnc(C(C)C)nc3C)C2)CCC1=O. The first-order valence-electron chi connectivity index (χ1n) is 9.76. The minimum Gasteiger partial charge on any atom is -0.342 e. The Hall–Kier alpha value is -1.98. The highest BCUT2D eigenvalue weighted by Crippen LogP contribution is 2.39. The van der Waals surface area contributed by atoms with Crippen LogP contribution in [0.2, 0.25) is 0 Å². The van der Waals surface area contributed by atoms with Crippen molar-refractivity contribution in [3.63, 3.8) is 0 Å². The van der Waals surface area contributed by atoms with Gasteiger partial charge in [0.25, 0.3) is 5.91 Å². The summed E-state index contributed by atoms with van der Waals surface area (Å²) in [5, 5.41) is 0. The molecule has 0 aromatic carbocycles. The zero-order valence-corrected chi connectivity index (χ0v) is 16.4. The van der Waals surface area contributed by atoms with Crippen LogP contribution in [0.1, 0.15) is 74.2 Å². The molecule has 26 heavy (non-hydrogen) atoms. The van der Waals surface area contributed by atoms with Crippen molar-refractivity contribution in [2.75, 3.05) is 26.2 Å². The van der Waals surface area contributed by atoms with Gasteiger partial charge in [-0.05, 0) is 33.1 Å². The van der Waals surface area contributed by atoms with Crippen LogP contribution in [0.4, 0.5) is 0 Å². The molecule has 0 radical (unpaired) electrons. The number of hydrogen-bond donors (Lipinski definition) is 0. The van der Waals surface area contributed by atoms with Crippen LogP contribution in [-0.4, -0.2) is 57.8 Å². The zero-order chi connectivity index (χ0) is 18.9. The molecule has 1 unspecified atom stereocenters. The average Bonchev–Trinajstić information content (AvgIpc) is 2.63. The second-order valence-corrected chi connectivity index (χ2v) is 8.12. The predicted molar refractivity (Wildman–Crippen MR) is 99.9 cm³/mol. The molecule has 2 aliphatic rings. The number of amides is 2. The summed E-state index contributed by atoms with van der Waals surface area (Å²) in [6.07, 6.45) is 5.24. The molecule has 1 aromatic rings. The van der Waals surface area contributed by atoms with E-state index in [-0.39, 0.29) is 23.1 Å². The quantitative estimate of drug-likeness (QED) is 0.833. The molecule has 1 spiro atoms. The lowest BCUT2D eigenvalue weighted by molar-refractivity contribution is -0.138. The van der Waals surface area contributed by atoms with E-state index in [0.29, 0.717) is 12.0 Å². The third-order valence-corrected chi connectivity index (χ3v) is 5.82. The number of likely N-dealkylation sites (tertiary alicyclic amines) is 2. The van der Waals surface area contributed by atoms with E-state index in [2.05, 4.69) is 23.8 Å². The number of rotatable bonds is 3. The van der Waals surface area contributed by atoms with Crippen LogP contribution in [0, 0.1) is 12.3 Å². The minimum absolute atomic E-state index is 0.0248. The third kappa shape index (κ3) is 3.60. The Bertz CT molecular complexity index is 703. The molecular formula is C20H30N4O2. The molecule has 142 valence electrons. The van der Waals surface area contributed by atoms with Gasteiger partial charge in [0.1, 0.15) is 5.82 Å². The van der Waals surface area contributed by atoms with Gasteiger partial charge in [0.2, 0.25) is 5.91 Å². The smallest absolute Gasteiger partial charge is 0.257 e. The predicted octanol–water partition coefficient (Wildman–Crippen LogP) is 2.77. The van der Waals surface area contributed by atoms with E-state index in [1.165, 1.54) is 0 Å². The maximum Gasteiger partial charge on any atom is 0.257 e. The van der Waals surface area contributed by atoms with Crippen molar-refractivity contribution in [2.45, 2.75) is 59.3 Å². The molecule has 3 heterocycles. The maximum atomic E-state index is 13.1. The highest BCUT2D eigenvalue weighted by atomic mass is 16.2. The first-order valence-corrected chi connectivity index (χ1v) is 9.76. The van der Waals surface area contributed by atoms with Gasteiger partial charge in [-0.15, -0.1) is 0 Å². The Morgan fingerprint density at radius 2 is 2.08 bits per heavy atom. The molecule has 0 saturated carbocycles. The van der Waals surface area contributed by atoms with E-state index in [9.17, 15) is 9.59 Å². The summed E-state index contributed by atoms with van der Waals surface area (Å²) in [5.74, 6) is 1.29. The van der Waals surface area contributed by atoms with E-state index in [4.69, 9.17) is 0 Å². The molecule has 0 aliphatic carbocycles. The number of piperidine rings is 2.